The van der Waals surface area contributed by atoms with Gasteiger partial charge in [-0.2, -0.15) is 0 Å². The molecule has 1 heterocycles. The molecule has 0 spiro atoms. The molecule has 1 heteroatoms. The molecule has 0 aliphatic carbocycles. The quantitative estimate of drug-likeness (QED) is 0.606. The van der Waals surface area contributed by atoms with Crippen molar-refractivity contribution in [3.05, 3.63) is 25.3 Å². The summed E-state index contributed by atoms with van der Waals surface area (Å²) in [5.74, 6) is 1.59. The summed E-state index contributed by atoms with van der Waals surface area (Å²) in [6, 6.07) is 0. The van der Waals surface area contributed by atoms with Crippen LogP contribution in [0.25, 0.3) is 0 Å². The fourth-order valence-corrected chi connectivity index (χ4v) is 1.77. The Morgan fingerprint density at radius 3 is 1.91 bits per heavy atom. The zero-order valence-corrected chi connectivity index (χ0v) is 7.05. The highest BCUT2D eigenvalue weighted by Gasteiger charge is 2.24. The molecule has 0 aromatic carbocycles. The first-order valence-corrected chi connectivity index (χ1v) is 4.31. The van der Waals surface area contributed by atoms with Gasteiger partial charge in [0, 0.05) is 0 Å². The van der Waals surface area contributed by atoms with Crippen molar-refractivity contribution in [3.63, 3.8) is 0 Å². The predicted octanol–water partition coefficient (Wildman–Crippen LogP) is 1.97. The maximum atomic E-state index is 3.77. The molecule has 0 radical (unpaired) electrons. The minimum Gasteiger partial charge on any atom is -0.316 e. The molecule has 0 amide bonds. The average molecular weight is 151 g/mol. The summed E-state index contributed by atoms with van der Waals surface area (Å²) in [5, 5.41) is 3.40. The van der Waals surface area contributed by atoms with E-state index < -0.39 is 0 Å². The fourth-order valence-electron chi connectivity index (χ4n) is 1.77. The number of rotatable bonds is 4. The second kappa shape index (κ2) is 4.35. The highest BCUT2D eigenvalue weighted by molar-refractivity contribution is 4.89. The van der Waals surface area contributed by atoms with Crippen molar-refractivity contribution in [1.82, 2.24) is 5.32 Å². The van der Waals surface area contributed by atoms with Gasteiger partial charge in [-0.1, -0.05) is 12.2 Å². The molecule has 11 heavy (non-hydrogen) atoms. The first-order chi connectivity index (χ1) is 5.38. The summed E-state index contributed by atoms with van der Waals surface area (Å²) < 4.78 is 0. The Labute approximate surface area is 69.2 Å². The average Bonchev–Trinajstić information content (AvgIpc) is 2.39. The highest BCUT2D eigenvalue weighted by atomic mass is 14.9. The summed E-state index contributed by atoms with van der Waals surface area (Å²) in [7, 11) is 0. The molecule has 62 valence electrons. The molecule has 1 aliphatic rings. The van der Waals surface area contributed by atoms with E-state index in [-0.39, 0.29) is 0 Å². The maximum Gasteiger partial charge on any atom is -0.00142 e. The minimum atomic E-state index is 0.797. The topological polar surface area (TPSA) is 12.0 Å². The molecule has 1 nitrogen and oxygen atoms in total. The van der Waals surface area contributed by atoms with E-state index in [0.29, 0.717) is 0 Å². The first kappa shape index (κ1) is 8.54. The van der Waals surface area contributed by atoms with Crippen LogP contribution in [0.5, 0.6) is 0 Å². The molecule has 1 fully saturated rings. The van der Waals surface area contributed by atoms with Gasteiger partial charge in [0.2, 0.25) is 0 Å². The van der Waals surface area contributed by atoms with Gasteiger partial charge < -0.3 is 5.32 Å². The maximum absolute atomic E-state index is 3.77. The van der Waals surface area contributed by atoms with Crippen molar-refractivity contribution in [3.8, 4) is 0 Å². The Kier molecular flexibility index (Phi) is 3.37. The Morgan fingerprint density at radius 2 is 1.55 bits per heavy atom. The zero-order valence-electron chi connectivity index (χ0n) is 7.05. The fraction of sp³-hybridized carbons (Fsp3) is 0.600. The normalized spacial score (nSPS) is 30.2. The van der Waals surface area contributed by atoms with Gasteiger partial charge >= 0.3 is 0 Å². The third-order valence-electron chi connectivity index (χ3n) is 2.42. The van der Waals surface area contributed by atoms with Gasteiger partial charge in [0.25, 0.3) is 0 Å². The van der Waals surface area contributed by atoms with E-state index >= 15 is 0 Å². The molecule has 1 rings (SSSR count). The Hall–Kier alpha value is -0.560. The molecule has 0 aromatic heterocycles. The molecule has 0 saturated carbocycles. The van der Waals surface area contributed by atoms with Gasteiger partial charge in [-0.3, -0.25) is 0 Å². The van der Waals surface area contributed by atoms with E-state index in [1.807, 2.05) is 12.2 Å². The molecule has 2 atom stereocenters. The van der Waals surface area contributed by atoms with Crippen molar-refractivity contribution in [2.75, 3.05) is 13.1 Å². The summed E-state index contributed by atoms with van der Waals surface area (Å²) >= 11 is 0. The van der Waals surface area contributed by atoms with Crippen LogP contribution in [0.2, 0.25) is 0 Å². The minimum absolute atomic E-state index is 0.797. The lowest BCUT2D eigenvalue weighted by atomic mass is 9.90. The van der Waals surface area contributed by atoms with Crippen LogP contribution < -0.4 is 5.32 Å². The number of hydrogen-bond donors (Lipinski definition) is 1. The molecular weight excluding hydrogens is 134 g/mol. The van der Waals surface area contributed by atoms with E-state index in [0.717, 1.165) is 37.8 Å². The molecule has 1 N–H and O–H groups in total. The van der Waals surface area contributed by atoms with Crippen LogP contribution in [0.3, 0.4) is 0 Å². The van der Waals surface area contributed by atoms with E-state index in [9.17, 15) is 0 Å². The molecule has 1 saturated heterocycles. The second-order valence-electron chi connectivity index (χ2n) is 3.23. The van der Waals surface area contributed by atoms with E-state index in [1.165, 1.54) is 0 Å². The van der Waals surface area contributed by atoms with Gasteiger partial charge in [0.05, 0.1) is 0 Å². The van der Waals surface area contributed by atoms with Crippen LogP contribution in [-0.4, -0.2) is 13.1 Å². The number of allylic oxidation sites excluding steroid dienone is 2. The Bertz CT molecular complexity index is 124. The first-order valence-electron chi connectivity index (χ1n) is 4.31. The van der Waals surface area contributed by atoms with Gasteiger partial charge in [0.1, 0.15) is 0 Å². The van der Waals surface area contributed by atoms with Crippen LogP contribution in [0, 0.1) is 11.8 Å². The van der Waals surface area contributed by atoms with E-state index in [4.69, 9.17) is 0 Å². The van der Waals surface area contributed by atoms with E-state index in [2.05, 4.69) is 18.5 Å². The Morgan fingerprint density at radius 1 is 1.09 bits per heavy atom. The number of nitrogens with one attached hydrogen (secondary N) is 1. The SMILES string of the molecule is C=CCC1CNCC1CC=C. The smallest absolute Gasteiger partial charge is 0.00142 e. The largest absolute Gasteiger partial charge is 0.316 e. The van der Waals surface area contributed by atoms with Crippen molar-refractivity contribution >= 4 is 0 Å². The molecular formula is C10H17N. The lowest BCUT2D eigenvalue weighted by Gasteiger charge is -2.13. The van der Waals surface area contributed by atoms with Crippen molar-refractivity contribution in [2.45, 2.75) is 12.8 Å². The van der Waals surface area contributed by atoms with Crippen LogP contribution >= 0.6 is 0 Å². The standard InChI is InChI=1S/C10H17N/c1-3-5-9-7-11-8-10(9)6-4-2/h3-4,9-11H,1-2,5-8H2. The lowest BCUT2D eigenvalue weighted by Crippen LogP contribution is -2.10. The van der Waals surface area contributed by atoms with Crippen molar-refractivity contribution in [2.24, 2.45) is 11.8 Å². The molecule has 2 unspecified atom stereocenters. The summed E-state index contributed by atoms with van der Waals surface area (Å²) in [6.45, 7) is 9.84. The van der Waals surface area contributed by atoms with Gasteiger partial charge in [-0.25, -0.2) is 0 Å². The van der Waals surface area contributed by atoms with Crippen LogP contribution in [0.15, 0.2) is 25.3 Å². The summed E-state index contributed by atoms with van der Waals surface area (Å²) in [5.41, 5.74) is 0. The molecule has 0 aromatic rings. The van der Waals surface area contributed by atoms with Crippen LogP contribution in [0.4, 0.5) is 0 Å². The third kappa shape index (κ3) is 2.19. The molecule has 1 aliphatic heterocycles. The summed E-state index contributed by atoms with van der Waals surface area (Å²) in [4.78, 5) is 0. The highest BCUT2D eigenvalue weighted by Crippen LogP contribution is 2.23. The number of hydrogen-bond acceptors (Lipinski definition) is 1. The second-order valence-corrected chi connectivity index (χ2v) is 3.23. The predicted molar refractivity (Wildman–Crippen MR) is 49.5 cm³/mol. The third-order valence-corrected chi connectivity index (χ3v) is 2.42. The monoisotopic (exact) mass is 151 g/mol. The zero-order chi connectivity index (χ0) is 8.10. The van der Waals surface area contributed by atoms with Crippen molar-refractivity contribution in [1.29, 1.82) is 0 Å². The van der Waals surface area contributed by atoms with Gasteiger partial charge in [0.15, 0.2) is 0 Å². The van der Waals surface area contributed by atoms with Gasteiger partial charge in [-0.05, 0) is 37.8 Å². The summed E-state index contributed by atoms with van der Waals surface area (Å²) in [6.07, 6.45) is 6.33. The van der Waals surface area contributed by atoms with Crippen molar-refractivity contribution < 1.29 is 0 Å². The molecule has 0 bridgehead atoms. The van der Waals surface area contributed by atoms with Crippen LogP contribution in [-0.2, 0) is 0 Å². The van der Waals surface area contributed by atoms with E-state index in [1.54, 1.807) is 0 Å². The van der Waals surface area contributed by atoms with Gasteiger partial charge in [-0.15, -0.1) is 13.2 Å². The van der Waals surface area contributed by atoms with Crippen LogP contribution in [0.1, 0.15) is 12.8 Å². The lowest BCUT2D eigenvalue weighted by molar-refractivity contribution is 0.428. The Balaban J connectivity index is 2.36.